The smallest absolute Gasteiger partial charge is 0.254 e. The van der Waals surface area contributed by atoms with E-state index in [1.54, 1.807) is 25.4 Å². The first-order valence-corrected chi connectivity index (χ1v) is 8.03. The summed E-state index contributed by atoms with van der Waals surface area (Å²) >= 11 is 0. The minimum Gasteiger partial charge on any atom is -0.481 e. The number of hydrogen-bond donors (Lipinski definition) is 0. The van der Waals surface area contributed by atoms with Crippen LogP contribution in [0, 0.1) is 0 Å². The number of aromatic nitrogens is 3. The standard InChI is InChI=1S/C17H22N4O2/c1-3-20-10-8-19-16(20)14-5-4-9-21(12-14)17(22)13-6-7-18-15(11-13)23-2/h6-8,10-11,14H,3-5,9,12H2,1-2H3/t14-/m1/s1. The van der Waals surface area contributed by atoms with E-state index in [4.69, 9.17) is 4.74 Å². The molecule has 0 bridgehead atoms. The summed E-state index contributed by atoms with van der Waals surface area (Å²) in [5, 5.41) is 0. The van der Waals surface area contributed by atoms with Crippen molar-refractivity contribution in [2.24, 2.45) is 0 Å². The molecule has 6 heteroatoms. The van der Waals surface area contributed by atoms with Crippen LogP contribution >= 0.6 is 0 Å². The number of carbonyl (C=O) groups excluding carboxylic acids is 1. The first-order chi connectivity index (χ1) is 11.2. The van der Waals surface area contributed by atoms with Crippen LogP contribution in [0.3, 0.4) is 0 Å². The van der Waals surface area contributed by atoms with Gasteiger partial charge in [0, 0.05) is 55.8 Å². The highest BCUT2D eigenvalue weighted by Crippen LogP contribution is 2.27. The first-order valence-electron chi connectivity index (χ1n) is 8.03. The van der Waals surface area contributed by atoms with E-state index in [1.807, 2.05) is 17.3 Å². The molecule has 0 aliphatic carbocycles. The lowest BCUT2D eigenvalue weighted by molar-refractivity contribution is 0.0703. The van der Waals surface area contributed by atoms with E-state index < -0.39 is 0 Å². The lowest BCUT2D eigenvalue weighted by Gasteiger charge is -2.32. The van der Waals surface area contributed by atoms with E-state index in [-0.39, 0.29) is 5.91 Å². The van der Waals surface area contributed by atoms with Gasteiger partial charge in [0.05, 0.1) is 7.11 Å². The molecular weight excluding hydrogens is 292 g/mol. The van der Waals surface area contributed by atoms with Gasteiger partial charge in [0.2, 0.25) is 5.88 Å². The van der Waals surface area contributed by atoms with E-state index in [2.05, 4.69) is 21.5 Å². The molecule has 1 amide bonds. The Morgan fingerprint density at radius 1 is 1.39 bits per heavy atom. The number of carbonyl (C=O) groups is 1. The van der Waals surface area contributed by atoms with Crippen molar-refractivity contribution in [1.29, 1.82) is 0 Å². The molecule has 6 nitrogen and oxygen atoms in total. The molecule has 0 unspecified atom stereocenters. The maximum atomic E-state index is 12.8. The van der Waals surface area contributed by atoms with Gasteiger partial charge in [-0.2, -0.15) is 0 Å². The zero-order valence-electron chi connectivity index (χ0n) is 13.6. The molecule has 23 heavy (non-hydrogen) atoms. The van der Waals surface area contributed by atoms with Crippen LogP contribution in [0.2, 0.25) is 0 Å². The largest absolute Gasteiger partial charge is 0.481 e. The van der Waals surface area contributed by atoms with Crippen LogP contribution < -0.4 is 4.74 Å². The average molecular weight is 314 g/mol. The summed E-state index contributed by atoms with van der Waals surface area (Å²) in [6, 6.07) is 3.43. The molecule has 0 saturated carbocycles. The Kier molecular flexibility index (Phi) is 4.60. The second-order valence-corrected chi connectivity index (χ2v) is 5.75. The number of rotatable bonds is 4. The summed E-state index contributed by atoms with van der Waals surface area (Å²) in [5.41, 5.74) is 0.622. The molecular formula is C17H22N4O2. The van der Waals surface area contributed by atoms with Gasteiger partial charge in [0.1, 0.15) is 5.82 Å². The van der Waals surface area contributed by atoms with Gasteiger partial charge in [-0.15, -0.1) is 0 Å². The Balaban J connectivity index is 1.76. The van der Waals surface area contributed by atoms with E-state index in [0.717, 1.165) is 31.8 Å². The van der Waals surface area contributed by atoms with Crippen molar-refractivity contribution in [3.05, 3.63) is 42.1 Å². The topological polar surface area (TPSA) is 60.2 Å². The van der Waals surface area contributed by atoms with Gasteiger partial charge in [-0.3, -0.25) is 4.79 Å². The highest BCUT2D eigenvalue weighted by Gasteiger charge is 2.28. The molecule has 3 rings (SSSR count). The number of amides is 1. The summed E-state index contributed by atoms with van der Waals surface area (Å²) in [5.74, 6) is 1.87. The van der Waals surface area contributed by atoms with Crippen molar-refractivity contribution < 1.29 is 9.53 Å². The lowest BCUT2D eigenvalue weighted by atomic mass is 9.96. The fraction of sp³-hybridized carbons (Fsp3) is 0.471. The average Bonchev–Trinajstić information content (AvgIpc) is 3.10. The normalized spacial score (nSPS) is 18.0. The third-order valence-electron chi connectivity index (χ3n) is 4.35. The number of likely N-dealkylation sites (tertiary alicyclic amines) is 1. The number of ether oxygens (including phenoxy) is 1. The van der Waals surface area contributed by atoms with Gasteiger partial charge in [-0.1, -0.05) is 0 Å². The van der Waals surface area contributed by atoms with Gasteiger partial charge in [0.25, 0.3) is 5.91 Å². The quantitative estimate of drug-likeness (QED) is 0.869. The summed E-state index contributed by atoms with van der Waals surface area (Å²) in [7, 11) is 1.55. The molecule has 1 aliphatic rings. The Hall–Kier alpha value is -2.37. The van der Waals surface area contributed by atoms with Crippen LogP contribution in [0.15, 0.2) is 30.7 Å². The molecule has 0 aromatic carbocycles. The Bertz CT molecular complexity index is 683. The van der Waals surface area contributed by atoms with Gasteiger partial charge in [0.15, 0.2) is 0 Å². The zero-order chi connectivity index (χ0) is 16.2. The highest BCUT2D eigenvalue weighted by molar-refractivity contribution is 5.94. The van der Waals surface area contributed by atoms with Crippen molar-refractivity contribution in [2.75, 3.05) is 20.2 Å². The molecule has 0 N–H and O–H groups in total. The van der Waals surface area contributed by atoms with Crippen molar-refractivity contribution in [2.45, 2.75) is 32.2 Å². The number of imidazole rings is 1. The van der Waals surface area contributed by atoms with E-state index in [1.165, 1.54) is 0 Å². The number of pyridine rings is 1. The second kappa shape index (κ2) is 6.81. The number of hydrogen-bond acceptors (Lipinski definition) is 4. The van der Waals surface area contributed by atoms with Crippen LogP contribution in [-0.2, 0) is 6.54 Å². The molecule has 2 aromatic heterocycles. The molecule has 1 aliphatic heterocycles. The fourth-order valence-electron chi connectivity index (χ4n) is 3.16. The molecule has 2 aromatic rings. The van der Waals surface area contributed by atoms with Crippen molar-refractivity contribution in [3.63, 3.8) is 0 Å². The molecule has 1 atom stereocenters. The summed E-state index contributed by atoms with van der Waals surface area (Å²) in [6.07, 6.45) is 7.52. The highest BCUT2D eigenvalue weighted by atomic mass is 16.5. The van der Waals surface area contributed by atoms with Gasteiger partial charge >= 0.3 is 0 Å². The maximum Gasteiger partial charge on any atom is 0.254 e. The minimum atomic E-state index is 0.0324. The molecule has 1 saturated heterocycles. The summed E-state index contributed by atoms with van der Waals surface area (Å²) in [4.78, 5) is 23.2. The minimum absolute atomic E-state index is 0.0324. The molecule has 1 fully saturated rings. The SMILES string of the molecule is CCn1ccnc1[C@@H]1CCCN(C(=O)c2ccnc(OC)c2)C1. The van der Waals surface area contributed by atoms with Gasteiger partial charge < -0.3 is 14.2 Å². The van der Waals surface area contributed by atoms with Crippen LogP contribution in [-0.4, -0.2) is 45.5 Å². The number of aryl methyl sites for hydroxylation is 1. The predicted octanol–water partition coefficient (Wildman–Crippen LogP) is 2.33. The number of methoxy groups -OCH3 is 1. The van der Waals surface area contributed by atoms with Crippen LogP contribution in [0.1, 0.15) is 41.9 Å². The number of nitrogens with zero attached hydrogens (tertiary/aromatic N) is 4. The maximum absolute atomic E-state index is 12.8. The zero-order valence-corrected chi connectivity index (χ0v) is 13.6. The Morgan fingerprint density at radius 2 is 2.26 bits per heavy atom. The molecule has 0 radical (unpaired) electrons. The Labute approximate surface area is 136 Å². The van der Waals surface area contributed by atoms with Crippen LogP contribution in [0.5, 0.6) is 5.88 Å². The van der Waals surface area contributed by atoms with Crippen molar-refractivity contribution in [3.8, 4) is 5.88 Å². The third kappa shape index (κ3) is 3.21. The van der Waals surface area contributed by atoms with Crippen LogP contribution in [0.4, 0.5) is 0 Å². The lowest BCUT2D eigenvalue weighted by Crippen LogP contribution is -2.39. The number of piperidine rings is 1. The van der Waals surface area contributed by atoms with Crippen molar-refractivity contribution in [1.82, 2.24) is 19.4 Å². The van der Waals surface area contributed by atoms with Crippen molar-refractivity contribution >= 4 is 5.91 Å². The molecule has 0 spiro atoms. The van der Waals surface area contributed by atoms with E-state index in [9.17, 15) is 4.79 Å². The monoisotopic (exact) mass is 314 g/mol. The summed E-state index contributed by atoms with van der Waals surface area (Å²) < 4.78 is 7.27. The second-order valence-electron chi connectivity index (χ2n) is 5.75. The van der Waals surface area contributed by atoms with Gasteiger partial charge in [-0.05, 0) is 25.8 Å². The van der Waals surface area contributed by atoms with E-state index >= 15 is 0 Å². The van der Waals surface area contributed by atoms with Crippen LogP contribution in [0.25, 0.3) is 0 Å². The third-order valence-corrected chi connectivity index (χ3v) is 4.35. The molecule has 122 valence electrons. The predicted molar refractivity (Wildman–Crippen MR) is 86.6 cm³/mol. The molecule has 3 heterocycles. The van der Waals surface area contributed by atoms with E-state index in [0.29, 0.717) is 23.9 Å². The Morgan fingerprint density at radius 3 is 3.04 bits per heavy atom. The first kappa shape index (κ1) is 15.5. The van der Waals surface area contributed by atoms with Gasteiger partial charge in [-0.25, -0.2) is 9.97 Å². The summed E-state index contributed by atoms with van der Waals surface area (Å²) in [6.45, 7) is 4.51. The fourth-order valence-corrected chi connectivity index (χ4v) is 3.16.